The third-order valence-corrected chi connectivity index (χ3v) is 4.20. The topological polar surface area (TPSA) is 139 Å². The van der Waals surface area contributed by atoms with Crippen LogP contribution in [0.4, 0.5) is 5.69 Å². The molecule has 0 unspecified atom stereocenters. The molecule has 25 heavy (non-hydrogen) atoms. The second-order valence-corrected chi connectivity index (χ2v) is 5.73. The van der Waals surface area contributed by atoms with Crippen molar-refractivity contribution in [1.82, 2.24) is 24.9 Å². The van der Waals surface area contributed by atoms with Crippen LogP contribution in [0.2, 0.25) is 0 Å². The Bertz CT molecular complexity index is 905. The number of nitro groups is 1. The molecular weight excluding hydrogens is 350 g/mol. The zero-order valence-corrected chi connectivity index (χ0v) is 13.7. The summed E-state index contributed by atoms with van der Waals surface area (Å²) in [5.74, 6) is 0.640. The van der Waals surface area contributed by atoms with E-state index in [4.69, 9.17) is 10.3 Å². The standard InChI is InChI=1S/C14H13N7O3.ClH/c15-14(4-1-5-14)13-18-12(24-19-13)9-2-3-10(11(6-9)21(22)23)20-8-16-7-17-20;/h2-3,6-8H,1,4-5,15H2;1H. The highest BCUT2D eigenvalue weighted by atomic mass is 35.5. The first kappa shape index (κ1) is 17.0. The molecule has 0 atom stereocenters. The van der Waals surface area contributed by atoms with Crippen molar-refractivity contribution < 1.29 is 9.45 Å². The molecular formula is C14H14ClN7O3. The lowest BCUT2D eigenvalue weighted by Gasteiger charge is -2.34. The fraction of sp³-hybridized carbons (Fsp3) is 0.286. The summed E-state index contributed by atoms with van der Waals surface area (Å²) in [5.41, 5.74) is 6.24. The van der Waals surface area contributed by atoms with Gasteiger partial charge in [0.15, 0.2) is 5.82 Å². The van der Waals surface area contributed by atoms with Gasteiger partial charge >= 0.3 is 0 Å². The molecule has 130 valence electrons. The summed E-state index contributed by atoms with van der Waals surface area (Å²) in [7, 11) is 0. The third kappa shape index (κ3) is 2.85. The average molecular weight is 364 g/mol. The number of aromatic nitrogens is 5. The normalized spacial score (nSPS) is 15.2. The molecule has 1 aromatic carbocycles. The van der Waals surface area contributed by atoms with Gasteiger partial charge in [0.2, 0.25) is 0 Å². The van der Waals surface area contributed by atoms with Crippen molar-refractivity contribution in [2.24, 2.45) is 5.73 Å². The van der Waals surface area contributed by atoms with Crippen LogP contribution < -0.4 is 5.73 Å². The molecule has 0 radical (unpaired) electrons. The Morgan fingerprint density at radius 1 is 1.36 bits per heavy atom. The molecule has 2 heterocycles. The molecule has 3 aromatic rings. The van der Waals surface area contributed by atoms with Crippen LogP contribution in [-0.4, -0.2) is 29.8 Å². The molecule has 0 bridgehead atoms. The van der Waals surface area contributed by atoms with Crippen LogP contribution in [0.25, 0.3) is 17.1 Å². The molecule has 2 N–H and O–H groups in total. The number of rotatable bonds is 4. The summed E-state index contributed by atoms with van der Waals surface area (Å²) < 4.78 is 6.56. The third-order valence-electron chi connectivity index (χ3n) is 4.20. The largest absolute Gasteiger partial charge is 0.334 e. The van der Waals surface area contributed by atoms with Gasteiger partial charge in [-0.05, 0) is 31.4 Å². The molecule has 1 fully saturated rings. The molecule has 4 rings (SSSR count). The Balaban J connectivity index is 0.00000182. The van der Waals surface area contributed by atoms with Crippen LogP contribution in [0.5, 0.6) is 0 Å². The van der Waals surface area contributed by atoms with E-state index >= 15 is 0 Å². The van der Waals surface area contributed by atoms with E-state index in [9.17, 15) is 10.1 Å². The van der Waals surface area contributed by atoms with E-state index in [2.05, 4.69) is 20.2 Å². The smallest absolute Gasteiger partial charge is 0.295 e. The van der Waals surface area contributed by atoms with Gasteiger partial charge in [-0.15, -0.1) is 12.4 Å². The Kier molecular flexibility index (Phi) is 4.23. The first-order valence-electron chi connectivity index (χ1n) is 7.34. The Morgan fingerprint density at radius 2 is 2.16 bits per heavy atom. The summed E-state index contributed by atoms with van der Waals surface area (Å²) in [6.07, 6.45) is 5.33. The summed E-state index contributed by atoms with van der Waals surface area (Å²) in [4.78, 5) is 19.0. The number of nitrogens with zero attached hydrogens (tertiary/aromatic N) is 6. The van der Waals surface area contributed by atoms with E-state index in [0.29, 0.717) is 17.1 Å². The Hall–Kier alpha value is -2.85. The minimum atomic E-state index is -0.547. The molecule has 1 aliphatic rings. The molecule has 10 nitrogen and oxygen atoms in total. The minimum absolute atomic E-state index is 0. The lowest BCUT2D eigenvalue weighted by Crippen LogP contribution is -2.44. The van der Waals surface area contributed by atoms with Crippen LogP contribution in [0, 0.1) is 10.1 Å². The van der Waals surface area contributed by atoms with E-state index in [1.54, 1.807) is 12.1 Å². The number of nitro benzene ring substituents is 1. The predicted molar refractivity (Wildman–Crippen MR) is 88.3 cm³/mol. The maximum Gasteiger partial charge on any atom is 0.295 e. The maximum absolute atomic E-state index is 11.4. The van der Waals surface area contributed by atoms with Gasteiger partial charge in [-0.2, -0.15) is 10.1 Å². The zero-order valence-electron chi connectivity index (χ0n) is 12.9. The van der Waals surface area contributed by atoms with E-state index in [1.807, 2.05) is 0 Å². The van der Waals surface area contributed by atoms with Gasteiger partial charge in [-0.25, -0.2) is 9.67 Å². The highest BCUT2D eigenvalue weighted by Crippen LogP contribution is 2.38. The Morgan fingerprint density at radius 3 is 2.76 bits per heavy atom. The highest BCUT2D eigenvalue weighted by Gasteiger charge is 2.39. The van der Waals surface area contributed by atoms with E-state index in [-0.39, 0.29) is 24.0 Å². The van der Waals surface area contributed by atoms with Crippen LogP contribution in [0.1, 0.15) is 25.1 Å². The van der Waals surface area contributed by atoms with E-state index < -0.39 is 10.5 Å². The molecule has 0 amide bonds. The van der Waals surface area contributed by atoms with Crippen molar-refractivity contribution >= 4 is 18.1 Å². The monoisotopic (exact) mass is 363 g/mol. The molecule has 1 saturated carbocycles. The van der Waals surface area contributed by atoms with E-state index in [0.717, 1.165) is 19.3 Å². The Labute approximate surface area is 147 Å². The first-order valence-corrected chi connectivity index (χ1v) is 7.34. The number of hydrogen-bond donors (Lipinski definition) is 1. The number of hydrogen-bond acceptors (Lipinski definition) is 8. The van der Waals surface area contributed by atoms with Crippen molar-refractivity contribution in [3.8, 4) is 17.1 Å². The fourth-order valence-corrected chi connectivity index (χ4v) is 2.65. The molecule has 0 aliphatic heterocycles. The number of benzene rings is 1. The molecule has 0 spiro atoms. The SMILES string of the molecule is Cl.NC1(c2noc(-c3ccc(-n4cncn4)c([N+](=O)[O-])c3)n2)CCC1. The van der Waals surface area contributed by atoms with Gasteiger partial charge in [-0.3, -0.25) is 10.1 Å². The van der Waals surface area contributed by atoms with Crippen molar-refractivity contribution in [2.45, 2.75) is 24.8 Å². The van der Waals surface area contributed by atoms with Gasteiger partial charge in [-0.1, -0.05) is 5.16 Å². The predicted octanol–water partition coefficient (Wildman–Crippen LogP) is 1.99. The number of nitrogens with two attached hydrogens (primary N) is 1. The second-order valence-electron chi connectivity index (χ2n) is 5.73. The maximum atomic E-state index is 11.4. The minimum Gasteiger partial charge on any atom is -0.334 e. The quantitative estimate of drug-likeness (QED) is 0.548. The van der Waals surface area contributed by atoms with Crippen LogP contribution in [0.3, 0.4) is 0 Å². The summed E-state index contributed by atoms with van der Waals surface area (Å²) in [5, 5.41) is 19.2. The van der Waals surface area contributed by atoms with Gasteiger partial charge < -0.3 is 10.3 Å². The van der Waals surface area contributed by atoms with Crippen molar-refractivity contribution in [1.29, 1.82) is 0 Å². The van der Waals surface area contributed by atoms with Crippen LogP contribution >= 0.6 is 12.4 Å². The summed E-state index contributed by atoms with van der Waals surface area (Å²) in [6, 6.07) is 4.59. The summed E-state index contributed by atoms with van der Waals surface area (Å²) in [6.45, 7) is 0. The van der Waals surface area contributed by atoms with Crippen molar-refractivity contribution in [3.63, 3.8) is 0 Å². The summed E-state index contributed by atoms with van der Waals surface area (Å²) >= 11 is 0. The van der Waals surface area contributed by atoms with Gasteiger partial charge in [0, 0.05) is 11.6 Å². The van der Waals surface area contributed by atoms with E-state index in [1.165, 1.54) is 23.4 Å². The average Bonchev–Trinajstić information content (AvgIpc) is 3.23. The highest BCUT2D eigenvalue weighted by molar-refractivity contribution is 5.85. The lowest BCUT2D eigenvalue weighted by atomic mass is 9.77. The fourth-order valence-electron chi connectivity index (χ4n) is 2.65. The second kappa shape index (κ2) is 6.22. The lowest BCUT2D eigenvalue weighted by molar-refractivity contribution is -0.384. The first-order chi connectivity index (χ1) is 11.6. The number of halogens is 1. The van der Waals surface area contributed by atoms with Crippen molar-refractivity contribution in [2.75, 3.05) is 0 Å². The molecule has 1 aliphatic carbocycles. The van der Waals surface area contributed by atoms with Gasteiger partial charge in [0.1, 0.15) is 18.3 Å². The molecule has 0 saturated heterocycles. The van der Waals surface area contributed by atoms with Crippen molar-refractivity contribution in [3.05, 3.63) is 46.8 Å². The van der Waals surface area contributed by atoms with Crippen LogP contribution in [-0.2, 0) is 5.54 Å². The molecule has 2 aromatic heterocycles. The zero-order chi connectivity index (χ0) is 16.7. The van der Waals surface area contributed by atoms with Gasteiger partial charge in [0.25, 0.3) is 11.6 Å². The van der Waals surface area contributed by atoms with Crippen LogP contribution in [0.15, 0.2) is 35.4 Å². The molecule has 11 heteroatoms. The van der Waals surface area contributed by atoms with Gasteiger partial charge in [0.05, 0.1) is 10.5 Å².